The van der Waals surface area contributed by atoms with Crippen molar-refractivity contribution in [3.63, 3.8) is 0 Å². The first-order valence-electron chi connectivity index (χ1n) is 8.87. The zero-order chi connectivity index (χ0) is 19.8. The van der Waals surface area contributed by atoms with E-state index in [-0.39, 0.29) is 0 Å². The number of carbonyl (C=O) groups excluding carboxylic acids is 2. The highest BCUT2D eigenvalue weighted by Gasteiger charge is 2.32. The Morgan fingerprint density at radius 2 is 1.86 bits per heavy atom. The van der Waals surface area contributed by atoms with Crippen LogP contribution >= 0.6 is 23.4 Å². The van der Waals surface area contributed by atoms with Crippen molar-refractivity contribution in [3.05, 3.63) is 70.5 Å². The first kappa shape index (κ1) is 18.8. The van der Waals surface area contributed by atoms with Crippen LogP contribution in [0, 0.1) is 13.8 Å². The molecule has 3 aromatic rings. The summed E-state index contributed by atoms with van der Waals surface area (Å²) >= 11 is 7.77. The Morgan fingerprint density at radius 3 is 2.61 bits per heavy atom. The number of fused-ring (bicyclic) bond motifs is 1. The third-order valence-corrected chi connectivity index (χ3v) is 6.02. The predicted octanol–water partition coefficient (Wildman–Crippen LogP) is 4.46. The SMILES string of the molecule is Cc1nn(-c2ccccc2)c(C)c1C(=O)C(=O)N1CCSc2ccc(Cl)cc21. The molecule has 0 fully saturated rings. The molecule has 0 bridgehead atoms. The number of benzene rings is 2. The normalized spacial score (nSPS) is 13.3. The number of amides is 1. The van der Waals surface area contributed by atoms with Crippen molar-refractivity contribution in [2.24, 2.45) is 0 Å². The van der Waals surface area contributed by atoms with Gasteiger partial charge in [0.2, 0.25) is 0 Å². The number of thioether (sulfide) groups is 1. The lowest BCUT2D eigenvalue weighted by molar-refractivity contribution is -0.114. The van der Waals surface area contributed by atoms with E-state index in [1.54, 1.807) is 35.5 Å². The van der Waals surface area contributed by atoms with Crippen molar-refractivity contribution in [1.82, 2.24) is 9.78 Å². The molecule has 0 saturated heterocycles. The van der Waals surface area contributed by atoms with Gasteiger partial charge in [0, 0.05) is 22.2 Å². The fourth-order valence-electron chi connectivity index (χ4n) is 3.42. The average Bonchev–Trinajstić information content (AvgIpc) is 3.01. The van der Waals surface area contributed by atoms with Gasteiger partial charge in [-0.1, -0.05) is 29.8 Å². The Kier molecular flexibility index (Phi) is 5.00. The number of aryl methyl sites for hydroxylation is 1. The van der Waals surface area contributed by atoms with Crippen LogP contribution in [0.5, 0.6) is 0 Å². The number of anilines is 1. The Morgan fingerprint density at radius 1 is 1.11 bits per heavy atom. The van der Waals surface area contributed by atoms with E-state index in [1.165, 1.54) is 4.90 Å². The number of carbonyl (C=O) groups is 2. The minimum Gasteiger partial charge on any atom is -0.303 e. The van der Waals surface area contributed by atoms with E-state index >= 15 is 0 Å². The smallest absolute Gasteiger partial charge is 0.299 e. The molecule has 2 aromatic carbocycles. The molecule has 28 heavy (non-hydrogen) atoms. The number of hydrogen-bond donors (Lipinski definition) is 0. The maximum atomic E-state index is 13.1. The van der Waals surface area contributed by atoms with E-state index in [9.17, 15) is 9.59 Å². The molecular formula is C21H18ClN3O2S. The summed E-state index contributed by atoms with van der Waals surface area (Å²) in [6, 6.07) is 15.0. The van der Waals surface area contributed by atoms with Crippen LogP contribution < -0.4 is 4.90 Å². The van der Waals surface area contributed by atoms with E-state index in [4.69, 9.17) is 11.6 Å². The van der Waals surface area contributed by atoms with Crippen molar-refractivity contribution in [2.75, 3.05) is 17.2 Å². The fourth-order valence-corrected chi connectivity index (χ4v) is 4.56. The molecule has 5 nitrogen and oxygen atoms in total. The summed E-state index contributed by atoms with van der Waals surface area (Å²) in [6.45, 7) is 4.03. The van der Waals surface area contributed by atoms with Gasteiger partial charge in [0.05, 0.1) is 28.3 Å². The van der Waals surface area contributed by atoms with Gasteiger partial charge in [0.1, 0.15) is 0 Å². The summed E-state index contributed by atoms with van der Waals surface area (Å²) in [7, 11) is 0. The topological polar surface area (TPSA) is 55.2 Å². The molecule has 4 rings (SSSR count). The molecule has 2 heterocycles. The molecule has 0 saturated carbocycles. The summed E-state index contributed by atoms with van der Waals surface area (Å²) in [5.41, 5.74) is 3.08. The standard InChI is InChI=1S/C21H18ClN3O2S/c1-13-19(14(2)25(23-13)16-6-4-3-5-7-16)20(26)21(27)24-10-11-28-18-9-8-15(22)12-17(18)24/h3-9,12H,10-11H2,1-2H3. The van der Waals surface area contributed by atoms with Gasteiger partial charge in [-0.25, -0.2) is 4.68 Å². The quantitative estimate of drug-likeness (QED) is 0.471. The number of hydrogen-bond acceptors (Lipinski definition) is 4. The van der Waals surface area contributed by atoms with Crippen LogP contribution in [0.2, 0.25) is 5.02 Å². The molecule has 0 spiro atoms. The van der Waals surface area contributed by atoms with Crippen LogP contribution in [-0.4, -0.2) is 33.8 Å². The average molecular weight is 412 g/mol. The number of aromatic nitrogens is 2. The summed E-state index contributed by atoms with van der Waals surface area (Å²) in [5.74, 6) is -0.368. The molecular weight excluding hydrogens is 394 g/mol. The van der Waals surface area contributed by atoms with Gasteiger partial charge in [-0.3, -0.25) is 9.59 Å². The molecule has 1 aliphatic rings. The molecule has 0 radical (unpaired) electrons. The number of halogens is 1. The van der Waals surface area contributed by atoms with E-state index in [0.717, 1.165) is 16.3 Å². The van der Waals surface area contributed by atoms with Crippen LogP contribution in [0.25, 0.3) is 5.69 Å². The third kappa shape index (κ3) is 3.23. The van der Waals surface area contributed by atoms with E-state index in [0.29, 0.717) is 34.2 Å². The molecule has 142 valence electrons. The van der Waals surface area contributed by atoms with Gasteiger partial charge in [-0.15, -0.1) is 11.8 Å². The van der Waals surface area contributed by atoms with Crippen LogP contribution in [-0.2, 0) is 4.79 Å². The number of ketones is 1. The van der Waals surface area contributed by atoms with Gasteiger partial charge >= 0.3 is 0 Å². The maximum absolute atomic E-state index is 13.1. The van der Waals surface area contributed by atoms with Gasteiger partial charge in [0.25, 0.3) is 11.7 Å². The number of para-hydroxylation sites is 1. The predicted molar refractivity (Wildman–Crippen MR) is 112 cm³/mol. The van der Waals surface area contributed by atoms with Crippen LogP contribution in [0.3, 0.4) is 0 Å². The molecule has 0 N–H and O–H groups in total. The molecule has 0 aliphatic carbocycles. The van der Waals surface area contributed by atoms with Crippen LogP contribution in [0.15, 0.2) is 53.4 Å². The lowest BCUT2D eigenvalue weighted by Crippen LogP contribution is -2.40. The second-order valence-electron chi connectivity index (χ2n) is 6.54. The number of Topliss-reactive ketones (excluding diaryl/α,β-unsaturated/α-hetero) is 1. The number of rotatable bonds is 3. The van der Waals surface area contributed by atoms with Crippen LogP contribution in [0.1, 0.15) is 21.7 Å². The van der Waals surface area contributed by atoms with Crippen molar-refractivity contribution in [2.45, 2.75) is 18.7 Å². The maximum Gasteiger partial charge on any atom is 0.299 e. The second-order valence-corrected chi connectivity index (χ2v) is 8.11. The Balaban J connectivity index is 1.71. The third-order valence-electron chi connectivity index (χ3n) is 4.74. The Labute approximate surface area is 172 Å². The van der Waals surface area contributed by atoms with Crippen molar-refractivity contribution < 1.29 is 9.59 Å². The molecule has 0 unspecified atom stereocenters. The molecule has 7 heteroatoms. The summed E-state index contributed by atoms with van der Waals surface area (Å²) in [6.07, 6.45) is 0. The van der Waals surface area contributed by atoms with Crippen LogP contribution in [0.4, 0.5) is 5.69 Å². The van der Waals surface area contributed by atoms with E-state index < -0.39 is 11.7 Å². The second kappa shape index (κ2) is 7.45. The lowest BCUT2D eigenvalue weighted by Gasteiger charge is -2.28. The van der Waals surface area contributed by atoms with Gasteiger partial charge in [-0.2, -0.15) is 5.10 Å². The fraction of sp³-hybridized carbons (Fsp3) is 0.190. The van der Waals surface area contributed by atoms with Gasteiger partial charge < -0.3 is 4.90 Å². The first-order valence-corrected chi connectivity index (χ1v) is 10.2. The zero-order valence-corrected chi connectivity index (χ0v) is 17.0. The highest BCUT2D eigenvalue weighted by Crippen LogP contribution is 2.37. The minimum atomic E-state index is -0.553. The first-order chi connectivity index (χ1) is 13.5. The highest BCUT2D eigenvalue weighted by atomic mass is 35.5. The minimum absolute atomic E-state index is 0.357. The van der Waals surface area contributed by atoms with E-state index in [2.05, 4.69) is 5.10 Å². The van der Waals surface area contributed by atoms with Gasteiger partial charge in [-0.05, 0) is 44.2 Å². The van der Waals surface area contributed by atoms with Crippen molar-refractivity contribution in [3.8, 4) is 5.69 Å². The van der Waals surface area contributed by atoms with Crippen molar-refractivity contribution >= 4 is 40.7 Å². The number of nitrogens with zero attached hydrogens (tertiary/aromatic N) is 3. The molecule has 1 aliphatic heterocycles. The Bertz CT molecular complexity index is 1080. The largest absolute Gasteiger partial charge is 0.303 e. The molecule has 1 aromatic heterocycles. The lowest BCUT2D eigenvalue weighted by atomic mass is 10.1. The zero-order valence-electron chi connectivity index (χ0n) is 15.5. The molecule has 0 atom stereocenters. The summed E-state index contributed by atoms with van der Waals surface area (Å²) < 4.78 is 1.70. The highest BCUT2D eigenvalue weighted by molar-refractivity contribution is 7.99. The molecule has 1 amide bonds. The Hall–Kier alpha value is -2.57. The monoisotopic (exact) mass is 411 g/mol. The summed E-state index contributed by atoms with van der Waals surface area (Å²) in [4.78, 5) is 28.7. The van der Waals surface area contributed by atoms with Gasteiger partial charge in [0.15, 0.2) is 0 Å². The summed E-state index contributed by atoms with van der Waals surface area (Å²) in [5, 5.41) is 5.03. The van der Waals surface area contributed by atoms with E-state index in [1.807, 2.05) is 43.3 Å². The van der Waals surface area contributed by atoms with Crippen molar-refractivity contribution in [1.29, 1.82) is 0 Å².